The molecule has 2 aromatic heterocycles. The Hall–Kier alpha value is -1.62. The molecule has 0 aliphatic rings. The normalized spacial score (nSPS) is 12.9. The molecule has 1 N–H and O–H groups in total. The fourth-order valence-electron chi connectivity index (χ4n) is 1.80. The number of aliphatic hydroxyl groups is 1. The molecule has 0 fully saturated rings. The SMILES string of the molecule is Cc1cc(C(O)CCc2cnn(C)c2)nn1C. The Balaban J connectivity index is 1.95. The summed E-state index contributed by atoms with van der Waals surface area (Å²) in [6.07, 6.45) is 4.77. The van der Waals surface area contributed by atoms with Crippen molar-refractivity contribution in [1.82, 2.24) is 19.6 Å². The lowest BCUT2D eigenvalue weighted by atomic mass is 10.1. The third-order valence-corrected chi connectivity index (χ3v) is 2.94. The van der Waals surface area contributed by atoms with Crippen molar-refractivity contribution in [3.8, 4) is 0 Å². The Morgan fingerprint density at radius 3 is 2.71 bits per heavy atom. The molecule has 5 nitrogen and oxygen atoms in total. The summed E-state index contributed by atoms with van der Waals surface area (Å²) in [5.74, 6) is 0. The van der Waals surface area contributed by atoms with Crippen molar-refractivity contribution in [2.75, 3.05) is 0 Å². The van der Waals surface area contributed by atoms with Gasteiger partial charge < -0.3 is 5.11 Å². The van der Waals surface area contributed by atoms with Crippen LogP contribution in [0.2, 0.25) is 0 Å². The van der Waals surface area contributed by atoms with Crippen molar-refractivity contribution in [2.45, 2.75) is 25.9 Å². The maximum Gasteiger partial charge on any atom is 0.0981 e. The minimum atomic E-state index is -0.505. The number of hydrogen-bond acceptors (Lipinski definition) is 3. The third-order valence-electron chi connectivity index (χ3n) is 2.94. The van der Waals surface area contributed by atoms with Gasteiger partial charge in [0.15, 0.2) is 0 Å². The van der Waals surface area contributed by atoms with Gasteiger partial charge in [0.05, 0.1) is 18.0 Å². The average molecular weight is 234 g/mol. The molecular weight excluding hydrogens is 216 g/mol. The molecule has 0 aliphatic heterocycles. The zero-order chi connectivity index (χ0) is 12.4. The quantitative estimate of drug-likeness (QED) is 0.862. The van der Waals surface area contributed by atoms with Crippen molar-refractivity contribution in [3.63, 3.8) is 0 Å². The molecule has 2 heterocycles. The van der Waals surface area contributed by atoms with Crippen LogP contribution in [0.3, 0.4) is 0 Å². The highest BCUT2D eigenvalue weighted by Crippen LogP contribution is 2.18. The molecule has 5 heteroatoms. The van der Waals surface area contributed by atoms with E-state index in [-0.39, 0.29) is 0 Å². The summed E-state index contributed by atoms with van der Waals surface area (Å²) in [7, 11) is 3.77. The smallest absolute Gasteiger partial charge is 0.0981 e. The van der Waals surface area contributed by atoms with Gasteiger partial charge >= 0.3 is 0 Å². The number of rotatable bonds is 4. The van der Waals surface area contributed by atoms with Gasteiger partial charge in [-0.15, -0.1) is 0 Å². The second kappa shape index (κ2) is 4.71. The lowest BCUT2D eigenvalue weighted by Crippen LogP contribution is -2.01. The summed E-state index contributed by atoms with van der Waals surface area (Å²) in [5, 5.41) is 18.4. The number of hydrogen-bond donors (Lipinski definition) is 1. The van der Waals surface area contributed by atoms with Gasteiger partial charge in [-0.1, -0.05) is 0 Å². The Labute approximate surface area is 101 Å². The molecule has 92 valence electrons. The maximum absolute atomic E-state index is 10.0. The van der Waals surface area contributed by atoms with Crippen LogP contribution in [0.5, 0.6) is 0 Å². The first-order valence-electron chi connectivity index (χ1n) is 5.72. The van der Waals surface area contributed by atoms with Gasteiger partial charge in [0.25, 0.3) is 0 Å². The van der Waals surface area contributed by atoms with Crippen molar-refractivity contribution in [1.29, 1.82) is 0 Å². The molecule has 2 aromatic rings. The fourth-order valence-corrected chi connectivity index (χ4v) is 1.80. The highest BCUT2D eigenvalue weighted by molar-refractivity contribution is 5.12. The van der Waals surface area contributed by atoms with E-state index in [4.69, 9.17) is 0 Å². The van der Waals surface area contributed by atoms with Gasteiger partial charge in [0.2, 0.25) is 0 Å². The van der Waals surface area contributed by atoms with Crippen molar-refractivity contribution in [2.24, 2.45) is 14.1 Å². The van der Waals surface area contributed by atoms with Gasteiger partial charge in [-0.05, 0) is 31.4 Å². The molecule has 17 heavy (non-hydrogen) atoms. The van der Waals surface area contributed by atoms with Crippen LogP contribution in [-0.2, 0) is 20.5 Å². The summed E-state index contributed by atoms with van der Waals surface area (Å²) < 4.78 is 3.55. The molecule has 0 amide bonds. The summed E-state index contributed by atoms with van der Waals surface area (Å²) in [6.45, 7) is 1.98. The van der Waals surface area contributed by atoms with E-state index in [1.807, 2.05) is 39.5 Å². The van der Waals surface area contributed by atoms with Gasteiger partial charge in [0.1, 0.15) is 0 Å². The van der Waals surface area contributed by atoms with E-state index in [1.54, 1.807) is 9.36 Å². The lowest BCUT2D eigenvalue weighted by molar-refractivity contribution is 0.162. The molecule has 0 radical (unpaired) electrons. The van der Waals surface area contributed by atoms with Gasteiger partial charge in [-0.25, -0.2) is 0 Å². The third kappa shape index (κ3) is 2.74. The summed E-state index contributed by atoms with van der Waals surface area (Å²) in [5.41, 5.74) is 2.94. The lowest BCUT2D eigenvalue weighted by Gasteiger charge is -2.05. The standard InChI is InChI=1S/C12H18N4O/c1-9-6-11(14-16(9)3)12(17)5-4-10-7-13-15(2)8-10/h6-8,12,17H,4-5H2,1-3H3. The highest BCUT2D eigenvalue weighted by Gasteiger charge is 2.12. The molecule has 0 bridgehead atoms. The summed E-state index contributed by atoms with van der Waals surface area (Å²) in [6, 6.07) is 1.92. The van der Waals surface area contributed by atoms with Crippen LogP contribution in [0.4, 0.5) is 0 Å². The van der Waals surface area contributed by atoms with E-state index >= 15 is 0 Å². The first-order chi connectivity index (χ1) is 8.06. The zero-order valence-electron chi connectivity index (χ0n) is 10.5. The van der Waals surface area contributed by atoms with E-state index in [1.165, 1.54) is 0 Å². The first kappa shape index (κ1) is 11.9. The molecule has 0 spiro atoms. The Morgan fingerprint density at radius 1 is 1.41 bits per heavy atom. The zero-order valence-corrected chi connectivity index (χ0v) is 10.5. The average Bonchev–Trinajstić information content (AvgIpc) is 2.83. The Morgan fingerprint density at radius 2 is 2.18 bits per heavy atom. The molecule has 1 unspecified atom stereocenters. The van der Waals surface area contributed by atoms with E-state index in [9.17, 15) is 5.11 Å². The van der Waals surface area contributed by atoms with Crippen LogP contribution in [-0.4, -0.2) is 24.7 Å². The second-order valence-corrected chi connectivity index (χ2v) is 4.41. The number of aryl methyl sites for hydroxylation is 4. The predicted molar refractivity (Wildman–Crippen MR) is 64.4 cm³/mol. The van der Waals surface area contributed by atoms with E-state index in [0.717, 1.165) is 23.4 Å². The first-order valence-corrected chi connectivity index (χ1v) is 5.72. The van der Waals surface area contributed by atoms with Crippen LogP contribution in [0.1, 0.15) is 29.5 Å². The number of aliphatic hydroxyl groups excluding tert-OH is 1. The van der Waals surface area contributed by atoms with Crippen LogP contribution in [0, 0.1) is 6.92 Å². The Kier molecular flexibility index (Phi) is 3.28. The molecule has 0 aliphatic carbocycles. The van der Waals surface area contributed by atoms with Crippen molar-refractivity contribution >= 4 is 0 Å². The van der Waals surface area contributed by atoms with E-state index < -0.39 is 6.10 Å². The number of aromatic nitrogens is 4. The molecule has 0 aromatic carbocycles. The van der Waals surface area contributed by atoms with Crippen molar-refractivity contribution < 1.29 is 5.11 Å². The topological polar surface area (TPSA) is 55.9 Å². The molecule has 0 saturated carbocycles. The minimum Gasteiger partial charge on any atom is -0.387 e. The summed E-state index contributed by atoms with van der Waals surface area (Å²) in [4.78, 5) is 0. The Bertz CT molecular complexity index is 481. The van der Waals surface area contributed by atoms with Gasteiger partial charge in [0, 0.05) is 26.0 Å². The van der Waals surface area contributed by atoms with E-state index in [0.29, 0.717) is 6.42 Å². The molecule has 2 rings (SSSR count). The fraction of sp³-hybridized carbons (Fsp3) is 0.500. The van der Waals surface area contributed by atoms with Crippen LogP contribution in [0.15, 0.2) is 18.5 Å². The largest absolute Gasteiger partial charge is 0.387 e. The monoisotopic (exact) mass is 234 g/mol. The van der Waals surface area contributed by atoms with Crippen LogP contribution < -0.4 is 0 Å². The molecule has 1 atom stereocenters. The predicted octanol–water partition coefficient (Wildman–Crippen LogP) is 1.13. The van der Waals surface area contributed by atoms with Gasteiger partial charge in [-0.2, -0.15) is 10.2 Å². The molecular formula is C12H18N4O. The summed E-state index contributed by atoms with van der Waals surface area (Å²) >= 11 is 0. The van der Waals surface area contributed by atoms with E-state index in [2.05, 4.69) is 10.2 Å². The van der Waals surface area contributed by atoms with Crippen molar-refractivity contribution in [3.05, 3.63) is 35.4 Å². The van der Waals surface area contributed by atoms with Gasteiger partial charge in [-0.3, -0.25) is 9.36 Å². The minimum absolute atomic E-state index is 0.505. The van der Waals surface area contributed by atoms with Crippen LogP contribution >= 0.6 is 0 Å². The van der Waals surface area contributed by atoms with Crippen LogP contribution in [0.25, 0.3) is 0 Å². The second-order valence-electron chi connectivity index (χ2n) is 4.41. The highest BCUT2D eigenvalue weighted by atomic mass is 16.3. The molecule has 0 saturated heterocycles. The maximum atomic E-state index is 10.0. The number of nitrogens with zero attached hydrogens (tertiary/aromatic N) is 4.